The van der Waals surface area contributed by atoms with Gasteiger partial charge in [-0.3, -0.25) is 4.98 Å². The van der Waals surface area contributed by atoms with E-state index in [4.69, 9.17) is 16.6 Å². The second-order valence-electron chi connectivity index (χ2n) is 5.64. The van der Waals surface area contributed by atoms with Crippen molar-refractivity contribution in [1.82, 2.24) is 20.1 Å². The second-order valence-corrected chi connectivity index (χ2v) is 6.03. The quantitative estimate of drug-likeness (QED) is 0.853. The topological polar surface area (TPSA) is 44.5 Å². The van der Waals surface area contributed by atoms with Gasteiger partial charge in [-0.05, 0) is 50.6 Å². The van der Waals surface area contributed by atoms with Crippen LogP contribution in [0.3, 0.4) is 0 Å². The van der Waals surface area contributed by atoms with E-state index in [1.165, 1.54) is 0 Å². The Kier molecular flexibility index (Phi) is 4.40. The van der Waals surface area contributed by atoms with Crippen molar-refractivity contribution in [3.63, 3.8) is 0 Å². The molecule has 5 nitrogen and oxygen atoms in total. The Balaban J connectivity index is 1.92. The highest BCUT2D eigenvalue weighted by molar-refractivity contribution is 7.80. The number of hydrogen-bond acceptors (Lipinski definition) is 4. The highest BCUT2D eigenvalue weighted by Gasteiger charge is 2.41. The van der Waals surface area contributed by atoms with Gasteiger partial charge in [0.25, 0.3) is 0 Å². The lowest BCUT2D eigenvalue weighted by molar-refractivity contribution is 0.248. The van der Waals surface area contributed by atoms with Gasteiger partial charge in [-0.15, -0.1) is 0 Å². The van der Waals surface area contributed by atoms with Gasteiger partial charge in [0, 0.05) is 19.3 Å². The van der Waals surface area contributed by atoms with Crippen molar-refractivity contribution >= 4 is 17.3 Å². The third-order valence-corrected chi connectivity index (χ3v) is 4.17. The Morgan fingerprint density at radius 2 is 2.18 bits per heavy atom. The second kappa shape index (κ2) is 6.46. The highest BCUT2D eigenvalue weighted by Crippen LogP contribution is 2.38. The van der Waals surface area contributed by atoms with Crippen LogP contribution in [0.15, 0.2) is 47.2 Å². The Bertz CT molecular complexity index is 614. The molecule has 0 saturated carbocycles. The van der Waals surface area contributed by atoms with E-state index in [1.807, 2.05) is 36.5 Å². The average Bonchev–Trinajstić information content (AvgIpc) is 3.13. The van der Waals surface area contributed by atoms with Crippen LogP contribution in [0.1, 0.15) is 23.5 Å². The molecule has 2 aromatic rings. The number of nitrogens with zero attached hydrogens (tertiary/aromatic N) is 3. The normalized spacial score (nSPS) is 21.4. The molecule has 1 saturated heterocycles. The minimum atomic E-state index is 0.00186. The summed E-state index contributed by atoms with van der Waals surface area (Å²) >= 11 is 5.55. The fourth-order valence-corrected chi connectivity index (χ4v) is 3.05. The van der Waals surface area contributed by atoms with Gasteiger partial charge >= 0.3 is 0 Å². The molecule has 0 aromatic carbocycles. The van der Waals surface area contributed by atoms with Crippen molar-refractivity contribution < 1.29 is 4.42 Å². The first-order valence-electron chi connectivity index (χ1n) is 7.33. The molecule has 22 heavy (non-hydrogen) atoms. The maximum absolute atomic E-state index is 5.67. The molecule has 1 aliphatic heterocycles. The van der Waals surface area contributed by atoms with Gasteiger partial charge in [0.05, 0.1) is 18.0 Å². The molecule has 0 radical (unpaired) electrons. The van der Waals surface area contributed by atoms with Gasteiger partial charge in [-0.1, -0.05) is 6.07 Å². The summed E-state index contributed by atoms with van der Waals surface area (Å²) in [5, 5.41) is 4.15. The molecule has 0 bridgehead atoms. The predicted octanol–water partition coefficient (Wildman–Crippen LogP) is 2.21. The van der Waals surface area contributed by atoms with Crippen molar-refractivity contribution in [2.45, 2.75) is 12.1 Å². The molecule has 116 valence electrons. The van der Waals surface area contributed by atoms with Crippen LogP contribution in [0.25, 0.3) is 0 Å². The number of pyridine rings is 1. The van der Waals surface area contributed by atoms with Crippen LogP contribution < -0.4 is 5.32 Å². The molecular weight excluding hydrogens is 296 g/mol. The highest BCUT2D eigenvalue weighted by atomic mass is 32.1. The van der Waals surface area contributed by atoms with E-state index in [1.54, 1.807) is 6.26 Å². The minimum absolute atomic E-state index is 0.00186. The first-order valence-corrected chi connectivity index (χ1v) is 7.74. The predicted molar refractivity (Wildman–Crippen MR) is 89.4 cm³/mol. The van der Waals surface area contributed by atoms with E-state index in [-0.39, 0.29) is 12.1 Å². The lowest BCUT2D eigenvalue weighted by Gasteiger charge is -2.27. The van der Waals surface area contributed by atoms with Crippen LogP contribution in [0.4, 0.5) is 0 Å². The molecule has 3 rings (SSSR count). The zero-order valence-corrected chi connectivity index (χ0v) is 13.6. The molecule has 2 aromatic heterocycles. The molecule has 3 heterocycles. The lowest BCUT2D eigenvalue weighted by Crippen LogP contribution is -2.35. The molecule has 0 amide bonds. The minimum Gasteiger partial charge on any atom is -0.467 e. The van der Waals surface area contributed by atoms with E-state index >= 15 is 0 Å². The largest absolute Gasteiger partial charge is 0.467 e. The van der Waals surface area contributed by atoms with Gasteiger partial charge in [0.1, 0.15) is 11.8 Å². The molecule has 1 aliphatic rings. The maximum atomic E-state index is 5.67. The maximum Gasteiger partial charge on any atom is 0.170 e. The molecule has 1 N–H and O–H groups in total. The summed E-state index contributed by atoms with van der Waals surface area (Å²) < 4.78 is 5.67. The van der Waals surface area contributed by atoms with Crippen molar-refractivity contribution in [3.05, 3.63) is 54.2 Å². The van der Waals surface area contributed by atoms with Crippen LogP contribution in [0.5, 0.6) is 0 Å². The van der Waals surface area contributed by atoms with Gasteiger partial charge in [0.2, 0.25) is 0 Å². The summed E-state index contributed by atoms with van der Waals surface area (Å²) in [5.41, 5.74) is 0.971. The number of thiocarbonyl (C=S) groups is 1. The zero-order chi connectivity index (χ0) is 15.5. The van der Waals surface area contributed by atoms with Gasteiger partial charge in [-0.25, -0.2) is 0 Å². The third kappa shape index (κ3) is 2.98. The summed E-state index contributed by atoms with van der Waals surface area (Å²) in [6.45, 7) is 1.77. The van der Waals surface area contributed by atoms with Crippen LogP contribution in [0.2, 0.25) is 0 Å². The SMILES string of the molecule is CN(C)CCN1C(=S)N[C@H](c2ccccn2)[C@@H]1c1ccco1. The van der Waals surface area contributed by atoms with Crippen LogP contribution in [-0.4, -0.2) is 47.1 Å². The Morgan fingerprint density at radius 1 is 1.32 bits per heavy atom. The summed E-state index contributed by atoms with van der Waals surface area (Å²) in [6, 6.07) is 9.87. The third-order valence-electron chi connectivity index (χ3n) is 3.82. The standard InChI is InChI=1S/C16H20N4OS/c1-19(2)9-10-20-15(13-7-5-11-21-13)14(18-16(20)22)12-6-3-4-8-17-12/h3-8,11,14-15H,9-10H2,1-2H3,(H,18,22)/t14-,15+/m1/s1. The lowest BCUT2D eigenvalue weighted by atomic mass is 10.0. The van der Waals surface area contributed by atoms with Crippen molar-refractivity contribution in [2.75, 3.05) is 27.2 Å². The number of likely N-dealkylation sites (N-methyl/N-ethyl adjacent to an activating group) is 1. The number of rotatable bonds is 5. The van der Waals surface area contributed by atoms with E-state index in [0.717, 1.165) is 29.7 Å². The van der Waals surface area contributed by atoms with Crippen molar-refractivity contribution in [1.29, 1.82) is 0 Å². The molecule has 0 unspecified atom stereocenters. The molecule has 6 heteroatoms. The Labute approximate surface area is 135 Å². The molecular formula is C16H20N4OS. The van der Waals surface area contributed by atoms with Crippen LogP contribution in [-0.2, 0) is 0 Å². The van der Waals surface area contributed by atoms with E-state index < -0.39 is 0 Å². The van der Waals surface area contributed by atoms with Gasteiger partial charge in [0.15, 0.2) is 5.11 Å². The summed E-state index contributed by atoms with van der Waals surface area (Å²) in [7, 11) is 4.12. The Morgan fingerprint density at radius 3 is 2.82 bits per heavy atom. The number of hydrogen-bond donors (Lipinski definition) is 1. The number of aromatic nitrogens is 1. The average molecular weight is 316 g/mol. The van der Waals surface area contributed by atoms with Gasteiger partial charge in [-0.2, -0.15) is 0 Å². The number of nitrogens with one attached hydrogen (secondary N) is 1. The molecule has 0 spiro atoms. The van der Waals surface area contributed by atoms with E-state index in [0.29, 0.717) is 0 Å². The Hall–Kier alpha value is -1.92. The summed E-state index contributed by atoms with van der Waals surface area (Å²) in [4.78, 5) is 8.82. The molecule has 1 fully saturated rings. The summed E-state index contributed by atoms with van der Waals surface area (Å²) in [6.07, 6.45) is 3.51. The fraction of sp³-hybridized carbons (Fsp3) is 0.375. The van der Waals surface area contributed by atoms with Gasteiger partial charge < -0.3 is 19.5 Å². The smallest absolute Gasteiger partial charge is 0.170 e. The first kappa shape index (κ1) is 15.0. The van der Waals surface area contributed by atoms with Crippen LogP contribution in [0, 0.1) is 0 Å². The fourth-order valence-electron chi connectivity index (χ4n) is 2.72. The van der Waals surface area contributed by atoms with E-state index in [9.17, 15) is 0 Å². The van der Waals surface area contributed by atoms with E-state index in [2.05, 4.69) is 34.2 Å². The molecule has 0 aliphatic carbocycles. The number of furan rings is 1. The van der Waals surface area contributed by atoms with Crippen LogP contribution >= 0.6 is 12.2 Å². The molecule has 2 atom stereocenters. The first-order chi connectivity index (χ1) is 10.7. The summed E-state index contributed by atoms with van der Waals surface area (Å²) in [5.74, 6) is 0.904. The zero-order valence-electron chi connectivity index (χ0n) is 12.8. The van der Waals surface area contributed by atoms with Crippen molar-refractivity contribution in [3.8, 4) is 0 Å². The van der Waals surface area contributed by atoms with Crippen molar-refractivity contribution in [2.24, 2.45) is 0 Å². The monoisotopic (exact) mass is 316 g/mol.